The molecule has 2 atom stereocenters. The van der Waals surface area contributed by atoms with Crippen molar-refractivity contribution in [1.29, 1.82) is 0 Å². The standard InChI is InChI=1S/C19H24N2O3/c1-24-16-5-2-4-13(10-16)17-6-3-9-20(17)19(23)14-11-18(22)21(12-14)15-7-8-15/h2,4-5,10,14-15,17H,3,6-9,11-12H2,1H3/t14-,17+/m1/s1. The molecule has 0 N–H and O–H groups in total. The van der Waals surface area contributed by atoms with Gasteiger partial charge in [0.1, 0.15) is 5.75 Å². The zero-order valence-electron chi connectivity index (χ0n) is 14.1. The molecule has 1 aromatic carbocycles. The van der Waals surface area contributed by atoms with E-state index >= 15 is 0 Å². The van der Waals surface area contributed by atoms with Gasteiger partial charge >= 0.3 is 0 Å². The summed E-state index contributed by atoms with van der Waals surface area (Å²) in [4.78, 5) is 29.1. The number of methoxy groups -OCH3 is 1. The Kier molecular flexibility index (Phi) is 3.94. The number of amides is 2. The van der Waals surface area contributed by atoms with Crippen molar-refractivity contribution in [2.24, 2.45) is 5.92 Å². The summed E-state index contributed by atoms with van der Waals surface area (Å²) in [5.41, 5.74) is 1.13. The topological polar surface area (TPSA) is 49.9 Å². The molecular formula is C19H24N2O3. The smallest absolute Gasteiger partial charge is 0.228 e. The highest BCUT2D eigenvalue weighted by molar-refractivity contribution is 5.90. The molecule has 1 aromatic rings. The van der Waals surface area contributed by atoms with Gasteiger partial charge < -0.3 is 14.5 Å². The SMILES string of the molecule is COc1cccc([C@@H]2CCCN2C(=O)[C@@H]2CC(=O)N(C3CC3)C2)c1. The lowest BCUT2D eigenvalue weighted by Gasteiger charge is -2.28. The number of ether oxygens (including phenoxy) is 1. The summed E-state index contributed by atoms with van der Waals surface area (Å²) < 4.78 is 5.32. The van der Waals surface area contributed by atoms with E-state index in [0.29, 0.717) is 19.0 Å². The summed E-state index contributed by atoms with van der Waals surface area (Å²) in [6, 6.07) is 8.50. The van der Waals surface area contributed by atoms with Crippen LogP contribution < -0.4 is 4.74 Å². The normalized spacial score (nSPS) is 27.0. The molecule has 1 saturated carbocycles. The second-order valence-corrected chi connectivity index (χ2v) is 7.14. The van der Waals surface area contributed by atoms with Crippen LogP contribution in [0, 0.1) is 5.92 Å². The maximum absolute atomic E-state index is 13.0. The second-order valence-electron chi connectivity index (χ2n) is 7.14. The van der Waals surface area contributed by atoms with E-state index < -0.39 is 0 Å². The van der Waals surface area contributed by atoms with Crippen LogP contribution in [0.25, 0.3) is 0 Å². The fourth-order valence-corrected chi connectivity index (χ4v) is 4.10. The number of rotatable bonds is 4. The van der Waals surface area contributed by atoms with Gasteiger partial charge in [-0.2, -0.15) is 0 Å². The number of hydrogen-bond donors (Lipinski definition) is 0. The second kappa shape index (κ2) is 6.11. The number of carbonyl (C=O) groups is 2. The van der Waals surface area contributed by atoms with Gasteiger partial charge in [0.15, 0.2) is 0 Å². The number of benzene rings is 1. The van der Waals surface area contributed by atoms with Crippen molar-refractivity contribution < 1.29 is 14.3 Å². The highest BCUT2D eigenvalue weighted by Gasteiger charge is 2.44. The summed E-state index contributed by atoms with van der Waals surface area (Å²) in [6.45, 7) is 1.40. The Morgan fingerprint density at radius 3 is 2.83 bits per heavy atom. The fourth-order valence-electron chi connectivity index (χ4n) is 4.10. The van der Waals surface area contributed by atoms with Crippen LogP contribution in [0.15, 0.2) is 24.3 Å². The van der Waals surface area contributed by atoms with E-state index in [1.807, 2.05) is 28.0 Å². The molecule has 2 saturated heterocycles. The molecule has 0 bridgehead atoms. The van der Waals surface area contributed by atoms with Crippen molar-refractivity contribution in [3.05, 3.63) is 29.8 Å². The first-order chi connectivity index (χ1) is 11.7. The van der Waals surface area contributed by atoms with Crippen LogP contribution >= 0.6 is 0 Å². The molecule has 2 aliphatic heterocycles. The van der Waals surface area contributed by atoms with Gasteiger partial charge in [0.2, 0.25) is 11.8 Å². The van der Waals surface area contributed by atoms with Gasteiger partial charge in [-0.15, -0.1) is 0 Å². The minimum absolute atomic E-state index is 0.109. The zero-order valence-corrected chi connectivity index (χ0v) is 14.1. The van der Waals surface area contributed by atoms with Crippen molar-refractivity contribution in [1.82, 2.24) is 9.80 Å². The third kappa shape index (κ3) is 2.76. The van der Waals surface area contributed by atoms with Crippen LogP contribution in [0.4, 0.5) is 0 Å². The molecule has 2 heterocycles. The zero-order chi connectivity index (χ0) is 16.7. The van der Waals surface area contributed by atoms with Crippen LogP contribution in [0.5, 0.6) is 5.75 Å². The lowest BCUT2D eigenvalue weighted by atomic mass is 10.0. The molecule has 0 unspecified atom stereocenters. The Hall–Kier alpha value is -2.04. The van der Waals surface area contributed by atoms with E-state index in [9.17, 15) is 9.59 Å². The minimum Gasteiger partial charge on any atom is -0.497 e. The first-order valence-electron chi connectivity index (χ1n) is 8.91. The van der Waals surface area contributed by atoms with Crippen LogP contribution in [0.1, 0.15) is 43.7 Å². The molecule has 0 radical (unpaired) electrons. The molecular weight excluding hydrogens is 304 g/mol. The maximum Gasteiger partial charge on any atom is 0.228 e. The van der Waals surface area contributed by atoms with Gasteiger partial charge in [0.25, 0.3) is 0 Å². The van der Waals surface area contributed by atoms with Crippen LogP contribution in [-0.4, -0.2) is 47.9 Å². The van der Waals surface area contributed by atoms with E-state index in [1.54, 1.807) is 7.11 Å². The lowest BCUT2D eigenvalue weighted by molar-refractivity contribution is -0.136. The number of carbonyl (C=O) groups excluding carboxylic acids is 2. The van der Waals surface area contributed by atoms with Crippen molar-refractivity contribution in [2.45, 2.75) is 44.2 Å². The summed E-state index contributed by atoms with van der Waals surface area (Å²) in [6.07, 6.45) is 4.58. The molecule has 5 nitrogen and oxygen atoms in total. The van der Waals surface area contributed by atoms with Crippen molar-refractivity contribution in [2.75, 3.05) is 20.2 Å². The minimum atomic E-state index is -0.163. The van der Waals surface area contributed by atoms with Gasteiger partial charge in [0.05, 0.1) is 19.1 Å². The average Bonchev–Trinajstić information content (AvgIpc) is 3.19. The monoisotopic (exact) mass is 328 g/mol. The first-order valence-corrected chi connectivity index (χ1v) is 8.91. The van der Waals surface area contributed by atoms with Gasteiger partial charge in [-0.1, -0.05) is 12.1 Å². The Bertz CT molecular complexity index is 656. The fraction of sp³-hybridized carbons (Fsp3) is 0.579. The van der Waals surface area contributed by atoms with Crippen LogP contribution in [0.3, 0.4) is 0 Å². The third-order valence-electron chi connectivity index (χ3n) is 5.51. The highest BCUT2D eigenvalue weighted by Crippen LogP contribution is 2.37. The molecule has 4 rings (SSSR count). The molecule has 3 fully saturated rings. The lowest BCUT2D eigenvalue weighted by Crippen LogP contribution is -2.37. The van der Waals surface area contributed by atoms with Gasteiger partial charge in [-0.25, -0.2) is 0 Å². The van der Waals surface area contributed by atoms with E-state index in [4.69, 9.17) is 4.74 Å². The van der Waals surface area contributed by atoms with E-state index in [-0.39, 0.29) is 23.8 Å². The summed E-state index contributed by atoms with van der Waals surface area (Å²) in [7, 11) is 1.66. The van der Waals surface area contributed by atoms with Gasteiger partial charge in [-0.05, 0) is 43.4 Å². The third-order valence-corrected chi connectivity index (χ3v) is 5.51. The van der Waals surface area contributed by atoms with Crippen LogP contribution in [0.2, 0.25) is 0 Å². The Morgan fingerprint density at radius 1 is 1.25 bits per heavy atom. The van der Waals surface area contributed by atoms with Gasteiger partial charge in [0, 0.05) is 25.6 Å². The van der Waals surface area contributed by atoms with E-state index in [1.165, 1.54) is 0 Å². The predicted octanol–water partition coefficient (Wildman–Crippen LogP) is 2.37. The summed E-state index contributed by atoms with van der Waals surface area (Å²) in [5.74, 6) is 0.969. The average molecular weight is 328 g/mol. The number of nitrogens with zero attached hydrogens (tertiary/aromatic N) is 2. The summed E-state index contributed by atoms with van der Waals surface area (Å²) >= 11 is 0. The molecule has 2 amide bonds. The Labute approximate surface area is 142 Å². The first kappa shape index (κ1) is 15.5. The maximum atomic E-state index is 13.0. The molecule has 0 spiro atoms. The van der Waals surface area contributed by atoms with Crippen molar-refractivity contribution >= 4 is 11.8 Å². The molecule has 0 aromatic heterocycles. The molecule has 3 aliphatic rings. The van der Waals surface area contributed by atoms with Crippen molar-refractivity contribution in [3.8, 4) is 5.75 Å². The molecule has 5 heteroatoms. The Morgan fingerprint density at radius 2 is 2.08 bits per heavy atom. The molecule has 1 aliphatic carbocycles. The molecule has 128 valence electrons. The largest absolute Gasteiger partial charge is 0.497 e. The number of hydrogen-bond acceptors (Lipinski definition) is 3. The number of likely N-dealkylation sites (tertiary alicyclic amines) is 2. The van der Waals surface area contributed by atoms with Crippen LogP contribution in [-0.2, 0) is 9.59 Å². The summed E-state index contributed by atoms with van der Waals surface area (Å²) in [5, 5.41) is 0. The predicted molar refractivity (Wildman–Crippen MR) is 89.5 cm³/mol. The molecule has 24 heavy (non-hydrogen) atoms. The Balaban J connectivity index is 1.50. The van der Waals surface area contributed by atoms with Gasteiger partial charge in [-0.3, -0.25) is 9.59 Å². The van der Waals surface area contributed by atoms with Crippen molar-refractivity contribution in [3.63, 3.8) is 0 Å². The van der Waals surface area contributed by atoms with E-state index in [0.717, 1.165) is 43.5 Å². The quantitative estimate of drug-likeness (QED) is 0.852. The van der Waals surface area contributed by atoms with E-state index in [2.05, 4.69) is 6.07 Å². The highest BCUT2D eigenvalue weighted by atomic mass is 16.5.